The molecule has 6 nitrogen and oxygen atoms in total. The van der Waals surface area contributed by atoms with Crippen molar-refractivity contribution in [1.29, 1.82) is 0 Å². The number of methoxy groups -OCH3 is 1. The van der Waals surface area contributed by atoms with Crippen LogP contribution in [0, 0.1) is 20.8 Å². The maximum atomic E-state index is 13.2. The predicted molar refractivity (Wildman–Crippen MR) is 121 cm³/mol. The highest BCUT2D eigenvalue weighted by Crippen LogP contribution is 2.26. The molecule has 1 fully saturated rings. The lowest BCUT2D eigenvalue weighted by Crippen LogP contribution is -2.48. The summed E-state index contributed by atoms with van der Waals surface area (Å²) in [6, 6.07) is 11.7. The van der Waals surface area contributed by atoms with E-state index in [0.29, 0.717) is 11.4 Å². The van der Waals surface area contributed by atoms with Crippen molar-refractivity contribution in [2.75, 3.05) is 46.9 Å². The van der Waals surface area contributed by atoms with E-state index in [1.807, 2.05) is 57.2 Å². The zero-order valence-electron chi connectivity index (χ0n) is 18.6. The molecule has 1 heterocycles. The molecule has 2 aromatic carbocycles. The fourth-order valence-corrected chi connectivity index (χ4v) is 5.76. The van der Waals surface area contributed by atoms with Crippen molar-refractivity contribution in [3.8, 4) is 5.75 Å². The van der Waals surface area contributed by atoms with Crippen LogP contribution in [0.5, 0.6) is 5.75 Å². The normalized spacial score (nSPS) is 17.1. The Morgan fingerprint density at radius 1 is 1.00 bits per heavy atom. The van der Waals surface area contributed by atoms with E-state index < -0.39 is 10.0 Å². The molecule has 1 saturated heterocycles. The third-order valence-electron chi connectivity index (χ3n) is 5.82. The minimum absolute atomic E-state index is 0.0366. The molecule has 164 valence electrons. The number of nitrogens with zero attached hydrogens (tertiary/aromatic N) is 2. The van der Waals surface area contributed by atoms with Crippen molar-refractivity contribution in [2.24, 2.45) is 0 Å². The second kappa shape index (κ2) is 9.47. The van der Waals surface area contributed by atoms with Crippen LogP contribution >= 0.6 is 0 Å². The van der Waals surface area contributed by atoms with E-state index in [1.165, 1.54) is 0 Å². The SMILES string of the molecule is COc1ccc(C(CNS(=O)(=O)c2c(C)cc(C)cc2C)N2CCN(C)CC2)cc1. The van der Waals surface area contributed by atoms with E-state index in [1.54, 1.807) is 7.11 Å². The van der Waals surface area contributed by atoms with Crippen LogP contribution in [-0.4, -0.2) is 65.1 Å². The lowest BCUT2D eigenvalue weighted by molar-refractivity contribution is 0.113. The van der Waals surface area contributed by atoms with Gasteiger partial charge in [-0.2, -0.15) is 0 Å². The first-order chi connectivity index (χ1) is 14.2. The van der Waals surface area contributed by atoms with Gasteiger partial charge in [-0.25, -0.2) is 13.1 Å². The maximum absolute atomic E-state index is 13.2. The number of sulfonamides is 1. The quantitative estimate of drug-likeness (QED) is 0.730. The Morgan fingerprint density at radius 2 is 1.57 bits per heavy atom. The second-order valence-corrected chi connectivity index (χ2v) is 9.91. The third kappa shape index (κ3) is 5.21. The third-order valence-corrected chi connectivity index (χ3v) is 7.55. The number of hydrogen-bond acceptors (Lipinski definition) is 5. The van der Waals surface area contributed by atoms with Crippen LogP contribution in [0.15, 0.2) is 41.3 Å². The van der Waals surface area contributed by atoms with E-state index in [2.05, 4.69) is 21.6 Å². The summed E-state index contributed by atoms with van der Waals surface area (Å²) in [5, 5.41) is 0. The first kappa shape index (κ1) is 22.7. The van der Waals surface area contributed by atoms with Gasteiger partial charge in [0.15, 0.2) is 0 Å². The minimum atomic E-state index is -3.62. The Bertz CT molecular complexity index is 943. The highest BCUT2D eigenvalue weighted by molar-refractivity contribution is 7.89. The molecule has 0 bridgehead atoms. The van der Waals surface area contributed by atoms with Gasteiger partial charge >= 0.3 is 0 Å². The molecule has 0 radical (unpaired) electrons. The molecule has 1 atom stereocenters. The first-order valence-electron chi connectivity index (χ1n) is 10.4. The zero-order chi connectivity index (χ0) is 21.9. The molecule has 1 unspecified atom stereocenters. The molecule has 0 saturated carbocycles. The molecule has 1 aliphatic rings. The topological polar surface area (TPSA) is 61.9 Å². The lowest BCUT2D eigenvalue weighted by Gasteiger charge is -2.38. The standard InChI is InChI=1S/C23H33N3O3S/c1-17-14-18(2)23(19(3)15-17)30(27,28)24-16-22(26-12-10-25(4)11-13-26)20-6-8-21(29-5)9-7-20/h6-9,14-15,22,24H,10-13,16H2,1-5H3. The highest BCUT2D eigenvalue weighted by atomic mass is 32.2. The maximum Gasteiger partial charge on any atom is 0.241 e. The molecule has 30 heavy (non-hydrogen) atoms. The average Bonchev–Trinajstić information content (AvgIpc) is 2.69. The largest absolute Gasteiger partial charge is 0.497 e. The van der Waals surface area contributed by atoms with Crippen molar-refractivity contribution >= 4 is 10.0 Å². The van der Waals surface area contributed by atoms with E-state index >= 15 is 0 Å². The van der Waals surface area contributed by atoms with Crippen molar-refractivity contribution in [3.63, 3.8) is 0 Å². The number of nitrogens with one attached hydrogen (secondary N) is 1. The van der Waals surface area contributed by atoms with Gasteiger partial charge < -0.3 is 9.64 Å². The van der Waals surface area contributed by atoms with Gasteiger partial charge in [-0.05, 0) is 56.6 Å². The summed E-state index contributed by atoms with van der Waals surface area (Å²) in [5.74, 6) is 0.794. The van der Waals surface area contributed by atoms with Crippen LogP contribution in [0.1, 0.15) is 28.3 Å². The van der Waals surface area contributed by atoms with Crippen LogP contribution in [0.4, 0.5) is 0 Å². The van der Waals surface area contributed by atoms with Gasteiger partial charge in [0.1, 0.15) is 5.75 Å². The number of aryl methyl sites for hydroxylation is 3. The van der Waals surface area contributed by atoms with Crippen LogP contribution < -0.4 is 9.46 Å². The molecule has 0 amide bonds. The number of ether oxygens (including phenoxy) is 1. The number of benzene rings is 2. The summed E-state index contributed by atoms with van der Waals surface area (Å²) in [4.78, 5) is 5.05. The van der Waals surface area contributed by atoms with Crippen molar-refractivity contribution in [2.45, 2.75) is 31.7 Å². The van der Waals surface area contributed by atoms with Crippen LogP contribution in [0.3, 0.4) is 0 Å². The van der Waals surface area contributed by atoms with E-state index in [-0.39, 0.29) is 6.04 Å². The van der Waals surface area contributed by atoms with E-state index in [4.69, 9.17) is 4.74 Å². The van der Waals surface area contributed by atoms with Crippen LogP contribution in [0.2, 0.25) is 0 Å². The molecular weight excluding hydrogens is 398 g/mol. The zero-order valence-corrected chi connectivity index (χ0v) is 19.4. The molecule has 7 heteroatoms. The Hall–Kier alpha value is -1.93. The van der Waals surface area contributed by atoms with E-state index in [9.17, 15) is 8.42 Å². The fourth-order valence-electron chi connectivity index (χ4n) is 4.27. The van der Waals surface area contributed by atoms with Gasteiger partial charge in [0.25, 0.3) is 0 Å². The lowest BCUT2D eigenvalue weighted by atomic mass is 10.0. The number of likely N-dealkylation sites (N-methyl/N-ethyl adjacent to an activating group) is 1. The number of hydrogen-bond donors (Lipinski definition) is 1. The molecule has 0 aliphatic carbocycles. The van der Waals surface area contributed by atoms with Gasteiger partial charge in [-0.1, -0.05) is 29.8 Å². The summed E-state index contributed by atoms with van der Waals surface area (Å²) < 4.78 is 34.6. The Balaban J connectivity index is 1.85. The molecule has 0 spiro atoms. The molecule has 1 N–H and O–H groups in total. The van der Waals surface area contributed by atoms with Gasteiger partial charge in [-0.15, -0.1) is 0 Å². The van der Waals surface area contributed by atoms with Gasteiger partial charge in [-0.3, -0.25) is 4.90 Å². The summed E-state index contributed by atoms with van der Waals surface area (Å²) in [7, 11) is 0.147. The number of rotatable bonds is 7. The Morgan fingerprint density at radius 3 is 2.10 bits per heavy atom. The van der Waals surface area contributed by atoms with Crippen LogP contribution in [-0.2, 0) is 10.0 Å². The fraction of sp³-hybridized carbons (Fsp3) is 0.478. The average molecular weight is 432 g/mol. The summed E-state index contributed by atoms with van der Waals surface area (Å²) >= 11 is 0. The number of piperazine rings is 1. The monoisotopic (exact) mass is 431 g/mol. The van der Waals surface area contributed by atoms with E-state index in [0.717, 1.165) is 54.2 Å². The molecule has 0 aromatic heterocycles. The smallest absolute Gasteiger partial charge is 0.241 e. The molecule has 1 aliphatic heterocycles. The summed E-state index contributed by atoms with van der Waals surface area (Å²) in [6.07, 6.45) is 0. The summed E-state index contributed by atoms with van der Waals surface area (Å²) in [5.41, 5.74) is 3.71. The van der Waals surface area contributed by atoms with Crippen molar-refractivity contribution in [3.05, 3.63) is 58.7 Å². The predicted octanol–water partition coefficient (Wildman–Crippen LogP) is 2.89. The van der Waals surface area contributed by atoms with Crippen molar-refractivity contribution in [1.82, 2.24) is 14.5 Å². The summed E-state index contributed by atoms with van der Waals surface area (Å²) in [6.45, 7) is 9.76. The minimum Gasteiger partial charge on any atom is -0.497 e. The van der Waals surface area contributed by atoms with Crippen molar-refractivity contribution < 1.29 is 13.2 Å². The molecule has 3 rings (SSSR count). The first-order valence-corrected chi connectivity index (χ1v) is 11.8. The Labute approximate surface area is 180 Å². The van der Waals surface area contributed by atoms with Gasteiger partial charge in [0.05, 0.1) is 12.0 Å². The highest BCUT2D eigenvalue weighted by Gasteiger charge is 2.27. The Kier molecular flexibility index (Phi) is 7.18. The van der Waals surface area contributed by atoms with Crippen LogP contribution in [0.25, 0.3) is 0 Å². The molecule has 2 aromatic rings. The molecular formula is C23H33N3O3S. The van der Waals surface area contributed by atoms with Gasteiger partial charge in [0, 0.05) is 38.8 Å². The van der Waals surface area contributed by atoms with Gasteiger partial charge in [0.2, 0.25) is 10.0 Å². The second-order valence-electron chi connectivity index (χ2n) is 8.21.